The lowest BCUT2D eigenvalue weighted by atomic mass is 10.0. The SMILES string of the molecule is CC(C)c1cccc(N(CC(=O)O)C(=O)CN)c1. The van der Waals surface area contributed by atoms with E-state index in [1.807, 2.05) is 32.0 Å². The van der Waals surface area contributed by atoms with Crippen LogP contribution in [0.25, 0.3) is 0 Å². The molecule has 0 radical (unpaired) electrons. The average molecular weight is 250 g/mol. The molecule has 0 bridgehead atoms. The molecular formula is C13H18N2O3. The van der Waals surface area contributed by atoms with Crippen LogP contribution in [0.5, 0.6) is 0 Å². The molecule has 0 saturated heterocycles. The Hall–Kier alpha value is -1.88. The maximum atomic E-state index is 11.7. The number of carbonyl (C=O) groups is 2. The van der Waals surface area contributed by atoms with E-state index in [9.17, 15) is 9.59 Å². The van der Waals surface area contributed by atoms with Gasteiger partial charge in [0.2, 0.25) is 5.91 Å². The predicted molar refractivity (Wildman–Crippen MR) is 69.6 cm³/mol. The molecule has 1 aromatic rings. The summed E-state index contributed by atoms with van der Waals surface area (Å²) < 4.78 is 0. The fourth-order valence-electron chi connectivity index (χ4n) is 1.62. The second-order valence-corrected chi connectivity index (χ2v) is 4.33. The van der Waals surface area contributed by atoms with Gasteiger partial charge in [0.15, 0.2) is 0 Å². The largest absolute Gasteiger partial charge is 0.480 e. The summed E-state index contributed by atoms with van der Waals surface area (Å²) in [6.45, 7) is 3.48. The number of anilines is 1. The molecule has 3 N–H and O–H groups in total. The summed E-state index contributed by atoms with van der Waals surface area (Å²) in [7, 11) is 0. The minimum atomic E-state index is -1.06. The lowest BCUT2D eigenvalue weighted by molar-refractivity contribution is -0.136. The summed E-state index contributed by atoms with van der Waals surface area (Å²) in [6, 6.07) is 7.28. The fraction of sp³-hybridized carbons (Fsp3) is 0.385. The lowest BCUT2D eigenvalue weighted by Gasteiger charge is -2.21. The predicted octanol–water partition coefficient (Wildman–Crippen LogP) is 1.19. The molecule has 98 valence electrons. The van der Waals surface area contributed by atoms with E-state index >= 15 is 0 Å². The van der Waals surface area contributed by atoms with Crippen LogP contribution in [-0.2, 0) is 9.59 Å². The number of aliphatic carboxylic acids is 1. The van der Waals surface area contributed by atoms with Gasteiger partial charge in [-0.2, -0.15) is 0 Å². The molecule has 5 nitrogen and oxygen atoms in total. The van der Waals surface area contributed by atoms with E-state index in [0.717, 1.165) is 5.56 Å². The molecule has 0 aliphatic rings. The monoisotopic (exact) mass is 250 g/mol. The maximum Gasteiger partial charge on any atom is 0.323 e. The van der Waals surface area contributed by atoms with Gasteiger partial charge in [-0.1, -0.05) is 26.0 Å². The van der Waals surface area contributed by atoms with E-state index in [1.54, 1.807) is 6.07 Å². The smallest absolute Gasteiger partial charge is 0.323 e. The Morgan fingerprint density at radius 3 is 2.56 bits per heavy atom. The Kier molecular flexibility index (Phi) is 4.85. The van der Waals surface area contributed by atoms with E-state index in [1.165, 1.54) is 4.90 Å². The topological polar surface area (TPSA) is 83.6 Å². The van der Waals surface area contributed by atoms with Gasteiger partial charge < -0.3 is 15.7 Å². The molecule has 5 heteroatoms. The maximum absolute atomic E-state index is 11.7. The van der Waals surface area contributed by atoms with Gasteiger partial charge in [-0.15, -0.1) is 0 Å². The highest BCUT2D eigenvalue weighted by atomic mass is 16.4. The first kappa shape index (κ1) is 14.2. The molecule has 1 rings (SSSR count). The molecule has 0 aromatic heterocycles. The molecule has 0 aliphatic carbocycles. The molecule has 0 atom stereocenters. The number of carboxylic acids is 1. The van der Waals surface area contributed by atoms with E-state index in [2.05, 4.69) is 0 Å². The number of nitrogens with zero attached hydrogens (tertiary/aromatic N) is 1. The van der Waals surface area contributed by atoms with Crippen molar-refractivity contribution >= 4 is 17.6 Å². The Balaban J connectivity index is 3.08. The first-order valence-corrected chi connectivity index (χ1v) is 5.78. The van der Waals surface area contributed by atoms with E-state index in [-0.39, 0.29) is 13.1 Å². The molecule has 18 heavy (non-hydrogen) atoms. The third kappa shape index (κ3) is 3.56. The van der Waals surface area contributed by atoms with Crippen molar-refractivity contribution < 1.29 is 14.7 Å². The normalized spacial score (nSPS) is 10.4. The summed E-state index contributed by atoms with van der Waals surface area (Å²) in [5.41, 5.74) is 6.92. The van der Waals surface area contributed by atoms with Crippen molar-refractivity contribution in [2.24, 2.45) is 5.73 Å². The number of hydrogen-bond acceptors (Lipinski definition) is 3. The second-order valence-electron chi connectivity index (χ2n) is 4.33. The van der Waals surface area contributed by atoms with Crippen LogP contribution in [0.2, 0.25) is 0 Å². The zero-order valence-electron chi connectivity index (χ0n) is 10.6. The molecule has 0 aliphatic heterocycles. The summed E-state index contributed by atoms with van der Waals surface area (Å²) in [6.07, 6.45) is 0. The van der Waals surface area contributed by atoms with Crippen LogP contribution in [0.1, 0.15) is 25.3 Å². The third-order valence-electron chi connectivity index (χ3n) is 2.62. The molecule has 1 aromatic carbocycles. The number of carboxylic acid groups (broad SMARTS) is 1. The van der Waals surface area contributed by atoms with Gasteiger partial charge in [-0.25, -0.2) is 0 Å². The highest BCUT2D eigenvalue weighted by Crippen LogP contribution is 2.21. The number of hydrogen-bond donors (Lipinski definition) is 2. The zero-order chi connectivity index (χ0) is 13.7. The van der Waals surface area contributed by atoms with Crippen molar-refractivity contribution in [2.75, 3.05) is 18.0 Å². The van der Waals surface area contributed by atoms with Crippen molar-refractivity contribution in [3.05, 3.63) is 29.8 Å². The van der Waals surface area contributed by atoms with Crippen LogP contribution < -0.4 is 10.6 Å². The summed E-state index contributed by atoms with van der Waals surface area (Å²) >= 11 is 0. The highest BCUT2D eigenvalue weighted by Gasteiger charge is 2.17. The lowest BCUT2D eigenvalue weighted by Crippen LogP contribution is -2.39. The minimum Gasteiger partial charge on any atom is -0.480 e. The number of nitrogens with two attached hydrogens (primary N) is 1. The van der Waals surface area contributed by atoms with Gasteiger partial charge in [-0.05, 0) is 23.6 Å². The number of benzene rings is 1. The van der Waals surface area contributed by atoms with Crippen LogP contribution in [0.4, 0.5) is 5.69 Å². The van der Waals surface area contributed by atoms with Crippen LogP contribution in [0.3, 0.4) is 0 Å². The molecule has 0 spiro atoms. The summed E-state index contributed by atoms with van der Waals surface area (Å²) in [5, 5.41) is 8.83. The third-order valence-corrected chi connectivity index (χ3v) is 2.62. The van der Waals surface area contributed by atoms with Crippen LogP contribution in [0.15, 0.2) is 24.3 Å². The van der Waals surface area contributed by atoms with Gasteiger partial charge >= 0.3 is 5.97 Å². The standard InChI is InChI=1S/C13H18N2O3/c1-9(2)10-4-3-5-11(6-10)15(8-13(17)18)12(16)7-14/h3-6,9H,7-8,14H2,1-2H3,(H,17,18). The molecule has 0 heterocycles. The van der Waals surface area contributed by atoms with Crippen molar-refractivity contribution in [1.29, 1.82) is 0 Å². The van der Waals surface area contributed by atoms with Crippen molar-refractivity contribution in [1.82, 2.24) is 0 Å². The Bertz CT molecular complexity index is 444. The van der Waals surface area contributed by atoms with Gasteiger partial charge in [0.25, 0.3) is 0 Å². The van der Waals surface area contributed by atoms with Crippen LogP contribution in [-0.4, -0.2) is 30.1 Å². The minimum absolute atomic E-state index is 0.209. The molecular weight excluding hydrogens is 232 g/mol. The van der Waals surface area contributed by atoms with Crippen molar-refractivity contribution in [3.63, 3.8) is 0 Å². The number of rotatable bonds is 5. The van der Waals surface area contributed by atoms with Gasteiger partial charge in [-0.3, -0.25) is 9.59 Å². The first-order chi connectivity index (χ1) is 8.45. The quantitative estimate of drug-likeness (QED) is 0.822. The van der Waals surface area contributed by atoms with Crippen LogP contribution >= 0.6 is 0 Å². The first-order valence-electron chi connectivity index (χ1n) is 5.78. The Labute approximate surface area is 106 Å². The van der Waals surface area contributed by atoms with Gasteiger partial charge in [0, 0.05) is 5.69 Å². The highest BCUT2D eigenvalue weighted by molar-refractivity contribution is 5.98. The second kappa shape index (κ2) is 6.16. The van der Waals surface area contributed by atoms with E-state index in [4.69, 9.17) is 10.8 Å². The van der Waals surface area contributed by atoms with Gasteiger partial charge in [0.05, 0.1) is 6.54 Å². The fourth-order valence-corrected chi connectivity index (χ4v) is 1.62. The Morgan fingerprint density at radius 2 is 2.06 bits per heavy atom. The average Bonchev–Trinajstić information content (AvgIpc) is 2.35. The summed E-state index contributed by atoms with van der Waals surface area (Å²) in [4.78, 5) is 23.6. The Morgan fingerprint density at radius 1 is 1.39 bits per heavy atom. The number of carbonyl (C=O) groups excluding carboxylic acids is 1. The number of amides is 1. The van der Waals surface area contributed by atoms with Crippen molar-refractivity contribution in [3.8, 4) is 0 Å². The summed E-state index contributed by atoms with van der Waals surface area (Å²) in [5.74, 6) is -1.16. The molecule has 0 saturated carbocycles. The van der Waals surface area contributed by atoms with E-state index in [0.29, 0.717) is 11.6 Å². The molecule has 0 unspecified atom stereocenters. The van der Waals surface area contributed by atoms with Crippen LogP contribution in [0, 0.1) is 0 Å². The molecule has 1 amide bonds. The van der Waals surface area contributed by atoms with Crippen molar-refractivity contribution in [2.45, 2.75) is 19.8 Å². The molecule has 0 fully saturated rings. The van der Waals surface area contributed by atoms with E-state index < -0.39 is 11.9 Å². The van der Waals surface area contributed by atoms with Gasteiger partial charge in [0.1, 0.15) is 6.54 Å². The zero-order valence-corrected chi connectivity index (χ0v) is 10.6.